The maximum Gasteiger partial charge on any atom is 0.163 e. The summed E-state index contributed by atoms with van der Waals surface area (Å²) in [5, 5.41) is 10.1. The molecule has 5 heteroatoms. The standard InChI is InChI=1S/C19H14Cl2O3/c20-15-9-14(10-16(21)11-15)4-8-19(24)12-18(23)7-3-13-1-5-17(22)6-2-13/h1-11,22H,12H2. The molecule has 2 aromatic carbocycles. The molecule has 0 aliphatic heterocycles. The van der Waals surface area contributed by atoms with Crippen LogP contribution in [0.5, 0.6) is 5.75 Å². The van der Waals surface area contributed by atoms with E-state index in [0.29, 0.717) is 15.6 Å². The number of hydrogen-bond donors (Lipinski definition) is 1. The zero-order chi connectivity index (χ0) is 17.5. The van der Waals surface area contributed by atoms with E-state index in [4.69, 9.17) is 23.2 Å². The summed E-state index contributed by atoms with van der Waals surface area (Å²) in [6, 6.07) is 11.3. The lowest BCUT2D eigenvalue weighted by molar-refractivity contribution is -0.121. The molecule has 0 heterocycles. The summed E-state index contributed by atoms with van der Waals surface area (Å²) in [7, 11) is 0. The van der Waals surface area contributed by atoms with Gasteiger partial charge in [0.2, 0.25) is 0 Å². The molecule has 1 N–H and O–H groups in total. The highest BCUT2D eigenvalue weighted by atomic mass is 35.5. The third kappa shape index (κ3) is 6.03. The van der Waals surface area contributed by atoms with Crippen molar-refractivity contribution in [2.45, 2.75) is 6.42 Å². The highest BCUT2D eigenvalue weighted by Crippen LogP contribution is 2.20. The molecule has 0 spiro atoms. The number of carbonyl (C=O) groups excluding carboxylic acids is 2. The topological polar surface area (TPSA) is 54.4 Å². The number of phenols is 1. The molecule has 2 rings (SSSR count). The van der Waals surface area contributed by atoms with Gasteiger partial charge >= 0.3 is 0 Å². The van der Waals surface area contributed by atoms with Gasteiger partial charge in [-0.3, -0.25) is 9.59 Å². The normalized spacial score (nSPS) is 11.2. The number of rotatable bonds is 6. The first-order valence-corrected chi connectivity index (χ1v) is 7.85. The first kappa shape index (κ1) is 18.0. The van der Waals surface area contributed by atoms with E-state index >= 15 is 0 Å². The van der Waals surface area contributed by atoms with Crippen LogP contribution < -0.4 is 0 Å². The van der Waals surface area contributed by atoms with Gasteiger partial charge in [0.05, 0.1) is 6.42 Å². The Kier molecular flexibility index (Phi) is 6.36. The summed E-state index contributed by atoms with van der Waals surface area (Å²) >= 11 is 11.8. The van der Waals surface area contributed by atoms with E-state index in [0.717, 1.165) is 5.56 Å². The van der Waals surface area contributed by atoms with Crippen LogP contribution in [0.4, 0.5) is 0 Å². The number of hydrogen-bond acceptors (Lipinski definition) is 3. The summed E-state index contributed by atoms with van der Waals surface area (Å²) in [5.41, 5.74) is 1.45. The maximum absolute atomic E-state index is 11.8. The van der Waals surface area contributed by atoms with E-state index < -0.39 is 0 Å². The van der Waals surface area contributed by atoms with Crippen molar-refractivity contribution in [1.82, 2.24) is 0 Å². The molecule has 0 aliphatic rings. The molecule has 0 radical (unpaired) electrons. The van der Waals surface area contributed by atoms with E-state index in [-0.39, 0.29) is 23.7 Å². The van der Waals surface area contributed by atoms with E-state index in [1.165, 1.54) is 24.3 Å². The fourth-order valence-electron chi connectivity index (χ4n) is 1.92. The van der Waals surface area contributed by atoms with Crippen molar-refractivity contribution in [2.75, 3.05) is 0 Å². The molecule has 122 valence electrons. The first-order chi connectivity index (χ1) is 11.4. The van der Waals surface area contributed by atoms with Gasteiger partial charge < -0.3 is 5.11 Å². The Hall–Kier alpha value is -2.36. The van der Waals surface area contributed by atoms with Gasteiger partial charge in [-0.15, -0.1) is 0 Å². The largest absolute Gasteiger partial charge is 0.508 e. The second kappa shape index (κ2) is 8.48. The van der Waals surface area contributed by atoms with Crippen molar-refractivity contribution in [3.8, 4) is 5.75 Å². The van der Waals surface area contributed by atoms with Crippen molar-refractivity contribution < 1.29 is 14.7 Å². The van der Waals surface area contributed by atoms with Crippen molar-refractivity contribution in [3.05, 3.63) is 75.8 Å². The average molecular weight is 361 g/mol. The van der Waals surface area contributed by atoms with Crippen LogP contribution in [0, 0.1) is 0 Å². The van der Waals surface area contributed by atoms with Gasteiger partial charge in [0.15, 0.2) is 11.6 Å². The molecule has 0 aromatic heterocycles. The van der Waals surface area contributed by atoms with Gasteiger partial charge in [0.1, 0.15) is 5.75 Å². The Balaban J connectivity index is 1.92. The maximum atomic E-state index is 11.8. The minimum atomic E-state index is -0.313. The Morgan fingerprint density at radius 2 is 1.33 bits per heavy atom. The molecule has 0 bridgehead atoms. The number of aromatic hydroxyl groups is 1. The lowest BCUT2D eigenvalue weighted by Gasteiger charge is -1.97. The summed E-state index contributed by atoms with van der Waals surface area (Å²) in [6.07, 6.45) is 5.61. The number of carbonyl (C=O) groups is 2. The number of phenolic OH excluding ortho intramolecular Hbond substituents is 1. The fourth-order valence-corrected chi connectivity index (χ4v) is 2.47. The average Bonchev–Trinajstić information content (AvgIpc) is 2.51. The van der Waals surface area contributed by atoms with Crippen LogP contribution >= 0.6 is 23.2 Å². The molecule has 3 nitrogen and oxygen atoms in total. The second-order valence-electron chi connectivity index (χ2n) is 5.07. The summed E-state index contributed by atoms with van der Waals surface area (Å²) in [5.74, 6) is -0.465. The zero-order valence-electron chi connectivity index (χ0n) is 12.6. The van der Waals surface area contributed by atoms with Crippen LogP contribution in [-0.4, -0.2) is 16.7 Å². The summed E-state index contributed by atoms with van der Waals surface area (Å²) in [6.45, 7) is 0. The highest BCUT2D eigenvalue weighted by molar-refractivity contribution is 6.34. The van der Waals surface area contributed by atoms with Crippen molar-refractivity contribution >= 4 is 46.9 Å². The third-order valence-corrected chi connectivity index (χ3v) is 3.49. The Bertz CT molecular complexity index is 786. The second-order valence-corrected chi connectivity index (χ2v) is 5.94. The van der Waals surface area contributed by atoms with Crippen LogP contribution in [0.3, 0.4) is 0 Å². The molecule has 0 saturated heterocycles. The number of halogens is 2. The predicted octanol–water partition coefficient (Wildman–Crippen LogP) is 4.95. The van der Waals surface area contributed by atoms with Gasteiger partial charge in [-0.1, -0.05) is 47.5 Å². The molecular formula is C19H14Cl2O3. The van der Waals surface area contributed by atoms with Gasteiger partial charge in [-0.05, 0) is 53.6 Å². The van der Waals surface area contributed by atoms with Crippen LogP contribution in [0.15, 0.2) is 54.6 Å². The Labute approximate surface area is 149 Å². The minimum absolute atomic E-state index is 0.153. The van der Waals surface area contributed by atoms with Crippen LogP contribution in [0.1, 0.15) is 17.5 Å². The Morgan fingerprint density at radius 1 is 0.833 bits per heavy atom. The molecule has 24 heavy (non-hydrogen) atoms. The quantitative estimate of drug-likeness (QED) is 0.585. The molecule has 0 atom stereocenters. The number of benzene rings is 2. The van der Waals surface area contributed by atoms with Gasteiger partial charge in [0.25, 0.3) is 0 Å². The Morgan fingerprint density at radius 3 is 1.88 bits per heavy atom. The number of ketones is 2. The number of allylic oxidation sites excluding steroid dienone is 2. The fraction of sp³-hybridized carbons (Fsp3) is 0.0526. The molecule has 0 fully saturated rings. The van der Waals surface area contributed by atoms with Crippen molar-refractivity contribution in [1.29, 1.82) is 0 Å². The smallest absolute Gasteiger partial charge is 0.163 e. The van der Waals surface area contributed by atoms with Gasteiger partial charge in [0, 0.05) is 10.0 Å². The van der Waals surface area contributed by atoms with Crippen LogP contribution in [0.2, 0.25) is 10.0 Å². The highest BCUT2D eigenvalue weighted by Gasteiger charge is 2.04. The molecule has 0 aliphatic carbocycles. The molecule has 0 saturated carbocycles. The van der Waals surface area contributed by atoms with Crippen LogP contribution in [0.25, 0.3) is 12.2 Å². The summed E-state index contributed by atoms with van der Waals surface area (Å²) in [4.78, 5) is 23.6. The summed E-state index contributed by atoms with van der Waals surface area (Å²) < 4.78 is 0. The predicted molar refractivity (Wildman–Crippen MR) is 97.3 cm³/mol. The van der Waals surface area contributed by atoms with Gasteiger partial charge in [-0.25, -0.2) is 0 Å². The van der Waals surface area contributed by atoms with Crippen molar-refractivity contribution in [3.63, 3.8) is 0 Å². The van der Waals surface area contributed by atoms with Crippen LogP contribution in [-0.2, 0) is 9.59 Å². The molecule has 2 aromatic rings. The molecule has 0 amide bonds. The monoisotopic (exact) mass is 360 g/mol. The van der Waals surface area contributed by atoms with Gasteiger partial charge in [-0.2, -0.15) is 0 Å². The van der Waals surface area contributed by atoms with E-state index in [9.17, 15) is 14.7 Å². The molecular weight excluding hydrogens is 347 g/mol. The van der Waals surface area contributed by atoms with E-state index in [1.807, 2.05) is 0 Å². The van der Waals surface area contributed by atoms with E-state index in [1.54, 1.807) is 42.5 Å². The lowest BCUT2D eigenvalue weighted by Crippen LogP contribution is -2.01. The molecule has 0 unspecified atom stereocenters. The SMILES string of the molecule is O=C(C=Cc1ccc(O)cc1)CC(=O)C=Cc1cc(Cl)cc(Cl)c1. The zero-order valence-corrected chi connectivity index (χ0v) is 14.1. The lowest BCUT2D eigenvalue weighted by atomic mass is 10.1. The van der Waals surface area contributed by atoms with Crippen molar-refractivity contribution in [2.24, 2.45) is 0 Å². The minimum Gasteiger partial charge on any atom is -0.508 e. The third-order valence-electron chi connectivity index (χ3n) is 3.05. The first-order valence-electron chi connectivity index (χ1n) is 7.09. The van der Waals surface area contributed by atoms with E-state index in [2.05, 4.69) is 0 Å².